The van der Waals surface area contributed by atoms with E-state index in [4.69, 9.17) is 10.8 Å². The minimum absolute atomic E-state index is 0.345. The summed E-state index contributed by atoms with van der Waals surface area (Å²) >= 11 is 0. The molecule has 1 heterocycles. The van der Waals surface area contributed by atoms with E-state index in [1.54, 1.807) is 0 Å². The van der Waals surface area contributed by atoms with Crippen molar-refractivity contribution >= 4 is 0 Å². The molecule has 2 rings (SSSR count). The van der Waals surface area contributed by atoms with Gasteiger partial charge in [-0.05, 0) is 62.4 Å². The largest absolute Gasteiger partial charge is 0.396 e. The minimum Gasteiger partial charge on any atom is -0.396 e. The first-order valence-electron chi connectivity index (χ1n) is 8.21. The van der Waals surface area contributed by atoms with E-state index in [1.165, 1.54) is 58.2 Å². The van der Waals surface area contributed by atoms with Crippen LogP contribution in [0.15, 0.2) is 0 Å². The van der Waals surface area contributed by atoms with Crippen molar-refractivity contribution in [3.8, 4) is 0 Å². The number of piperidine rings is 1. The molecule has 2 fully saturated rings. The molecule has 1 aliphatic heterocycles. The maximum atomic E-state index is 9.12. The molecule has 3 N–H and O–H groups in total. The maximum absolute atomic E-state index is 9.12. The lowest BCUT2D eigenvalue weighted by atomic mass is 9.69. The molecule has 3 heteroatoms. The van der Waals surface area contributed by atoms with Gasteiger partial charge < -0.3 is 15.7 Å². The summed E-state index contributed by atoms with van der Waals surface area (Å²) in [4.78, 5) is 2.63. The van der Waals surface area contributed by atoms with Gasteiger partial charge in [0.15, 0.2) is 0 Å². The van der Waals surface area contributed by atoms with E-state index in [-0.39, 0.29) is 0 Å². The van der Waals surface area contributed by atoms with Crippen molar-refractivity contribution in [1.29, 1.82) is 0 Å². The van der Waals surface area contributed by atoms with E-state index in [9.17, 15) is 0 Å². The van der Waals surface area contributed by atoms with Crippen LogP contribution in [0.4, 0.5) is 0 Å². The molecule has 3 nitrogen and oxygen atoms in total. The van der Waals surface area contributed by atoms with E-state index in [0.717, 1.165) is 18.9 Å². The van der Waals surface area contributed by atoms with E-state index in [2.05, 4.69) is 11.8 Å². The summed E-state index contributed by atoms with van der Waals surface area (Å²) < 4.78 is 0. The fourth-order valence-corrected chi connectivity index (χ4v) is 4.35. The molecule has 0 aromatic heterocycles. The molecule has 3 atom stereocenters. The first kappa shape index (κ1) is 15.3. The molecule has 112 valence electrons. The Balaban J connectivity index is 1.90. The molecular weight excluding hydrogens is 236 g/mol. The summed E-state index contributed by atoms with van der Waals surface area (Å²) in [6, 6.07) is 0. The Kier molecular flexibility index (Phi) is 5.67. The van der Waals surface area contributed by atoms with Gasteiger partial charge in [0.2, 0.25) is 0 Å². The Morgan fingerprint density at radius 3 is 2.84 bits per heavy atom. The summed E-state index contributed by atoms with van der Waals surface area (Å²) in [5.74, 6) is 1.55. The zero-order chi connectivity index (χ0) is 13.7. The van der Waals surface area contributed by atoms with Crippen molar-refractivity contribution in [2.45, 2.75) is 51.9 Å². The highest BCUT2D eigenvalue weighted by molar-refractivity contribution is 4.90. The van der Waals surface area contributed by atoms with Gasteiger partial charge in [-0.15, -0.1) is 0 Å². The second-order valence-corrected chi connectivity index (χ2v) is 7.16. The van der Waals surface area contributed by atoms with Crippen LogP contribution in [0, 0.1) is 17.3 Å². The molecule has 0 radical (unpaired) electrons. The third-order valence-electron chi connectivity index (χ3n) is 5.32. The average molecular weight is 268 g/mol. The van der Waals surface area contributed by atoms with Gasteiger partial charge in [-0.1, -0.05) is 19.8 Å². The van der Waals surface area contributed by atoms with Crippen LogP contribution in [0.5, 0.6) is 0 Å². The lowest BCUT2D eigenvalue weighted by Crippen LogP contribution is -2.48. The second-order valence-electron chi connectivity index (χ2n) is 7.16. The minimum atomic E-state index is 0.345. The van der Waals surface area contributed by atoms with Gasteiger partial charge in [0.1, 0.15) is 0 Å². The standard InChI is InChI=1S/C16H32N2O/c1-14-4-2-7-16(10-14,12-17)13-18-8-3-5-15(11-18)6-9-19/h14-15,19H,2-13,17H2,1H3. The quantitative estimate of drug-likeness (QED) is 0.804. The predicted octanol–water partition coefficient (Wildman–Crippen LogP) is 2.24. The highest BCUT2D eigenvalue weighted by Crippen LogP contribution is 2.39. The van der Waals surface area contributed by atoms with Gasteiger partial charge in [-0.3, -0.25) is 0 Å². The number of nitrogens with two attached hydrogens (primary N) is 1. The van der Waals surface area contributed by atoms with Crippen molar-refractivity contribution < 1.29 is 5.11 Å². The Morgan fingerprint density at radius 2 is 2.16 bits per heavy atom. The summed E-state index contributed by atoms with van der Waals surface area (Å²) in [6.07, 6.45) is 8.92. The SMILES string of the molecule is CC1CCCC(CN)(CN2CCCC(CCO)C2)C1. The molecular formula is C16H32N2O. The molecule has 1 saturated carbocycles. The Labute approximate surface area is 118 Å². The number of aliphatic hydroxyl groups is 1. The normalized spacial score (nSPS) is 37.4. The highest BCUT2D eigenvalue weighted by Gasteiger charge is 2.36. The molecule has 1 aliphatic carbocycles. The summed E-state index contributed by atoms with van der Waals surface area (Å²) in [7, 11) is 0. The monoisotopic (exact) mass is 268 g/mol. The van der Waals surface area contributed by atoms with Crippen molar-refractivity contribution in [2.75, 3.05) is 32.8 Å². The molecule has 0 spiro atoms. The van der Waals surface area contributed by atoms with Gasteiger partial charge in [-0.25, -0.2) is 0 Å². The molecule has 0 bridgehead atoms. The van der Waals surface area contributed by atoms with E-state index >= 15 is 0 Å². The molecule has 0 aromatic carbocycles. The average Bonchev–Trinajstić information content (AvgIpc) is 2.39. The maximum Gasteiger partial charge on any atom is 0.0434 e. The van der Waals surface area contributed by atoms with Crippen LogP contribution < -0.4 is 5.73 Å². The summed E-state index contributed by atoms with van der Waals surface area (Å²) in [5.41, 5.74) is 6.52. The van der Waals surface area contributed by atoms with Crippen molar-refractivity contribution in [2.24, 2.45) is 23.0 Å². The van der Waals surface area contributed by atoms with Gasteiger partial charge in [0, 0.05) is 19.7 Å². The fourth-order valence-electron chi connectivity index (χ4n) is 4.35. The number of nitrogens with zero attached hydrogens (tertiary/aromatic N) is 1. The molecule has 0 amide bonds. The molecule has 3 unspecified atom stereocenters. The smallest absolute Gasteiger partial charge is 0.0434 e. The van der Waals surface area contributed by atoms with Crippen LogP contribution in [-0.2, 0) is 0 Å². The lowest BCUT2D eigenvalue weighted by Gasteiger charge is -2.44. The van der Waals surface area contributed by atoms with Crippen LogP contribution in [0.3, 0.4) is 0 Å². The highest BCUT2D eigenvalue weighted by atomic mass is 16.3. The van der Waals surface area contributed by atoms with Gasteiger partial charge >= 0.3 is 0 Å². The van der Waals surface area contributed by atoms with Crippen LogP contribution in [0.2, 0.25) is 0 Å². The van der Waals surface area contributed by atoms with E-state index < -0.39 is 0 Å². The molecule has 2 aliphatic rings. The predicted molar refractivity (Wildman–Crippen MR) is 80.0 cm³/mol. The van der Waals surface area contributed by atoms with E-state index in [1.807, 2.05) is 0 Å². The zero-order valence-electron chi connectivity index (χ0n) is 12.6. The number of aliphatic hydroxyl groups excluding tert-OH is 1. The topological polar surface area (TPSA) is 49.5 Å². The van der Waals surface area contributed by atoms with Crippen LogP contribution >= 0.6 is 0 Å². The lowest BCUT2D eigenvalue weighted by molar-refractivity contribution is 0.0585. The Morgan fingerprint density at radius 1 is 1.32 bits per heavy atom. The first-order chi connectivity index (χ1) is 9.17. The fraction of sp³-hybridized carbons (Fsp3) is 1.00. The number of rotatable bonds is 5. The number of hydrogen-bond acceptors (Lipinski definition) is 3. The van der Waals surface area contributed by atoms with Crippen molar-refractivity contribution in [3.05, 3.63) is 0 Å². The Hall–Kier alpha value is -0.120. The van der Waals surface area contributed by atoms with Gasteiger partial charge in [0.25, 0.3) is 0 Å². The Bertz CT molecular complexity index is 269. The third kappa shape index (κ3) is 4.17. The summed E-state index contributed by atoms with van der Waals surface area (Å²) in [6.45, 7) is 7.18. The van der Waals surface area contributed by atoms with Crippen molar-refractivity contribution in [1.82, 2.24) is 4.90 Å². The third-order valence-corrected chi connectivity index (χ3v) is 5.32. The van der Waals surface area contributed by atoms with E-state index in [0.29, 0.717) is 17.9 Å². The zero-order valence-corrected chi connectivity index (χ0v) is 12.6. The van der Waals surface area contributed by atoms with Gasteiger partial charge in [0.05, 0.1) is 0 Å². The molecule has 0 aromatic rings. The number of likely N-dealkylation sites (tertiary alicyclic amines) is 1. The summed E-state index contributed by atoms with van der Waals surface area (Å²) in [5, 5.41) is 9.12. The second kappa shape index (κ2) is 7.05. The van der Waals surface area contributed by atoms with Gasteiger partial charge in [-0.2, -0.15) is 0 Å². The van der Waals surface area contributed by atoms with Crippen LogP contribution in [0.1, 0.15) is 51.9 Å². The molecule has 1 saturated heterocycles. The molecule has 19 heavy (non-hydrogen) atoms. The number of hydrogen-bond donors (Lipinski definition) is 2. The van der Waals surface area contributed by atoms with Crippen molar-refractivity contribution in [3.63, 3.8) is 0 Å². The van der Waals surface area contributed by atoms with Crippen LogP contribution in [0.25, 0.3) is 0 Å². The van der Waals surface area contributed by atoms with Crippen LogP contribution in [-0.4, -0.2) is 42.8 Å². The first-order valence-corrected chi connectivity index (χ1v) is 8.21.